The summed E-state index contributed by atoms with van der Waals surface area (Å²) >= 11 is 0. The first-order valence-electron chi connectivity index (χ1n) is 7.66. The largest absolute Gasteiger partial charge is 0.394 e. The Balaban J connectivity index is 2.05. The third-order valence-corrected chi connectivity index (χ3v) is 3.42. The highest BCUT2D eigenvalue weighted by atomic mass is 16.3. The summed E-state index contributed by atoms with van der Waals surface area (Å²) in [4.78, 5) is 16.5. The van der Waals surface area contributed by atoms with Gasteiger partial charge in [0.05, 0.1) is 12.6 Å². The van der Waals surface area contributed by atoms with E-state index < -0.39 is 0 Å². The maximum absolute atomic E-state index is 12.3. The van der Waals surface area contributed by atoms with E-state index in [1.807, 2.05) is 19.2 Å². The molecule has 0 aliphatic carbocycles. The van der Waals surface area contributed by atoms with Gasteiger partial charge in [-0.3, -0.25) is 9.48 Å². The quantitative estimate of drug-likeness (QED) is 0.884. The van der Waals surface area contributed by atoms with Gasteiger partial charge in [-0.15, -0.1) is 0 Å². The molecule has 0 radical (unpaired) electrons. The average molecular weight is 316 g/mol. The van der Waals surface area contributed by atoms with Crippen LogP contribution in [0.15, 0.2) is 30.6 Å². The predicted octanol–water partition coefficient (Wildman–Crippen LogP) is 2.01. The third-order valence-electron chi connectivity index (χ3n) is 3.42. The summed E-state index contributed by atoms with van der Waals surface area (Å²) in [5, 5.41) is 16.6. The molecule has 0 fully saturated rings. The minimum absolute atomic E-state index is 0.0369. The number of aromatic nitrogens is 3. The maximum atomic E-state index is 12.3. The van der Waals surface area contributed by atoms with Gasteiger partial charge in [0, 0.05) is 18.2 Å². The van der Waals surface area contributed by atoms with Gasteiger partial charge in [0.1, 0.15) is 6.33 Å². The fourth-order valence-electron chi connectivity index (χ4n) is 2.41. The number of benzene rings is 1. The van der Waals surface area contributed by atoms with Gasteiger partial charge in [0.15, 0.2) is 5.82 Å². The number of nitrogens with zero attached hydrogens (tertiary/aromatic N) is 3. The molecule has 2 rings (SSSR count). The average Bonchev–Trinajstić information content (AvgIpc) is 2.92. The van der Waals surface area contributed by atoms with E-state index in [9.17, 15) is 9.90 Å². The Bertz CT molecular complexity index is 656. The Morgan fingerprint density at radius 2 is 1.96 bits per heavy atom. The van der Waals surface area contributed by atoms with Gasteiger partial charge >= 0.3 is 0 Å². The van der Waals surface area contributed by atoms with Crippen molar-refractivity contribution >= 4 is 5.91 Å². The zero-order valence-electron chi connectivity index (χ0n) is 14.1. The first-order valence-corrected chi connectivity index (χ1v) is 7.66. The van der Waals surface area contributed by atoms with Crippen LogP contribution in [0.2, 0.25) is 0 Å². The summed E-state index contributed by atoms with van der Waals surface area (Å²) in [6, 6.07) is 6.88. The smallest absolute Gasteiger partial charge is 0.251 e. The Hall–Kier alpha value is -2.21. The molecule has 0 saturated heterocycles. The fraction of sp³-hybridized carbons (Fsp3) is 0.471. The molecular weight excluding hydrogens is 292 g/mol. The normalized spacial score (nSPS) is 12.9. The summed E-state index contributed by atoms with van der Waals surface area (Å²) in [7, 11) is 1.81. The second-order valence-electron chi connectivity index (χ2n) is 6.94. The van der Waals surface area contributed by atoms with Gasteiger partial charge in [0.2, 0.25) is 0 Å². The van der Waals surface area contributed by atoms with Crippen LogP contribution in [-0.4, -0.2) is 38.4 Å². The zero-order chi connectivity index (χ0) is 17.0. The number of aryl methyl sites for hydroxylation is 1. The molecule has 2 N–H and O–H groups in total. The van der Waals surface area contributed by atoms with E-state index in [1.165, 1.54) is 0 Å². The van der Waals surface area contributed by atoms with Crippen LogP contribution in [-0.2, 0) is 7.05 Å². The van der Waals surface area contributed by atoms with Gasteiger partial charge in [-0.1, -0.05) is 32.9 Å². The van der Waals surface area contributed by atoms with E-state index in [4.69, 9.17) is 0 Å². The van der Waals surface area contributed by atoms with Gasteiger partial charge in [-0.05, 0) is 24.0 Å². The van der Waals surface area contributed by atoms with E-state index in [1.54, 1.807) is 23.1 Å². The number of hydrogen-bond donors (Lipinski definition) is 2. The van der Waals surface area contributed by atoms with Crippen molar-refractivity contribution in [2.45, 2.75) is 33.2 Å². The fourth-order valence-corrected chi connectivity index (χ4v) is 2.41. The molecule has 1 amide bonds. The van der Waals surface area contributed by atoms with Crippen molar-refractivity contribution in [3.8, 4) is 11.4 Å². The van der Waals surface area contributed by atoms with Crippen molar-refractivity contribution < 1.29 is 9.90 Å². The van der Waals surface area contributed by atoms with Crippen molar-refractivity contribution in [2.24, 2.45) is 12.5 Å². The Morgan fingerprint density at radius 1 is 1.30 bits per heavy atom. The van der Waals surface area contributed by atoms with Crippen molar-refractivity contribution in [3.63, 3.8) is 0 Å². The summed E-state index contributed by atoms with van der Waals surface area (Å²) < 4.78 is 1.63. The lowest BCUT2D eigenvalue weighted by Crippen LogP contribution is -2.40. The highest BCUT2D eigenvalue weighted by molar-refractivity contribution is 5.94. The lowest BCUT2D eigenvalue weighted by molar-refractivity contribution is 0.0897. The summed E-state index contributed by atoms with van der Waals surface area (Å²) in [6.45, 7) is 6.17. The van der Waals surface area contributed by atoms with Crippen molar-refractivity contribution in [3.05, 3.63) is 36.2 Å². The van der Waals surface area contributed by atoms with Crippen molar-refractivity contribution in [2.75, 3.05) is 6.61 Å². The minimum Gasteiger partial charge on any atom is -0.394 e. The SMILES string of the molecule is Cn1cnc(-c2ccc(C(=O)NC(CO)CC(C)(C)C)cc2)n1. The second-order valence-corrected chi connectivity index (χ2v) is 6.94. The lowest BCUT2D eigenvalue weighted by atomic mass is 9.88. The molecule has 124 valence electrons. The van der Waals surface area contributed by atoms with Crippen molar-refractivity contribution in [1.29, 1.82) is 0 Å². The predicted molar refractivity (Wildman–Crippen MR) is 88.9 cm³/mol. The molecule has 23 heavy (non-hydrogen) atoms. The first kappa shape index (κ1) is 17.1. The van der Waals surface area contributed by atoms with E-state index in [0.717, 1.165) is 5.56 Å². The topological polar surface area (TPSA) is 80.0 Å². The number of nitrogens with one attached hydrogen (secondary N) is 1. The number of aliphatic hydroxyl groups excluding tert-OH is 1. The summed E-state index contributed by atoms with van der Waals surface area (Å²) in [6.07, 6.45) is 2.35. The molecule has 6 nitrogen and oxygen atoms in total. The highest BCUT2D eigenvalue weighted by Gasteiger charge is 2.20. The van der Waals surface area contributed by atoms with Gasteiger partial charge in [-0.25, -0.2) is 4.98 Å². The van der Waals surface area contributed by atoms with Crippen molar-refractivity contribution in [1.82, 2.24) is 20.1 Å². The van der Waals surface area contributed by atoms with Crippen LogP contribution in [0.25, 0.3) is 11.4 Å². The number of amides is 1. The standard InChI is InChI=1S/C17H24N4O2/c1-17(2,3)9-14(10-22)19-16(23)13-7-5-12(6-8-13)15-18-11-21(4)20-15/h5-8,11,14,22H,9-10H2,1-4H3,(H,19,23). The second kappa shape index (κ2) is 6.91. The Morgan fingerprint density at radius 3 is 2.43 bits per heavy atom. The molecule has 2 aromatic rings. The summed E-state index contributed by atoms with van der Waals surface area (Å²) in [5.41, 5.74) is 1.45. The van der Waals surface area contributed by atoms with Crippen LogP contribution < -0.4 is 5.32 Å². The maximum Gasteiger partial charge on any atom is 0.251 e. The molecule has 0 bridgehead atoms. The van der Waals surface area contributed by atoms with Crippen LogP contribution in [0.4, 0.5) is 0 Å². The molecule has 1 unspecified atom stereocenters. The van der Waals surface area contributed by atoms with Crippen LogP contribution in [0.3, 0.4) is 0 Å². The van der Waals surface area contributed by atoms with E-state index in [2.05, 4.69) is 36.2 Å². The third kappa shape index (κ3) is 4.89. The molecule has 6 heteroatoms. The number of hydrogen-bond acceptors (Lipinski definition) is 4. The number of carbonyl (C=O) groups is 1. The molecule has 1 atom stereocenters. The molecule has 0 aliphatic heterocycles. The molecule has 0 saturated carbocycles. The van der Waals surface area contributed by atoms with Crippen LogP contribution >= 0.6 is 0 Å². The summed E-state index contributed by atoms with van der Waals surface area (Å²) in [5.74, 6) is 0.439. The van der Waals surface area contributed by atoms with E-state index in [0.29, 0.717) is 17.8 Å². The zero-order valence-corrected chi connectivity index (χ0v) is 14.1. The number of rotatable bonds is 5. The minimum atomic E-state index is -0.250. The van der Waals surface area contributed by atoms with Gasteiger partial charge in [-0.2, -0.15) is 5.10 Å². The Kier molecular flexibility index (Phi) is 5.15. The van der Waals surface area contributed by atoms with Crippen LogP contribution in [0.5, 0.6) is 0 Å². The molecule has 1 aromatic heterocycles. The Labute approximate surface area is 136 Å². The molecular formula is C17H24N4O2. The molecule has 1 aromatic carbocycles. The monoisotopic (exact) mass is 316 g/mol. The highest BCUT2D eigenvalue weighted by Crippen LogP contribution is 2.21. The van der Waals surface area contributed by atoms with Crippen LogP contribution in [0.1, 0.15) is 37.6 Å². The molecule has 1 heterocycles. The van der Waals surface area contributed by atoms with Crippen LogP contribution in [0, 0.1) is 5.41 Å². The number of aliphatic hydroxyl groups is 1. The molecule has 0 aliphatic rings. The van der Waals surface area contributed by atoms with Gasteiger partial charge < -0.3 is 10.4 Å². The van der Waals surface area contributed by atoms with E-state index in [-0.39, 0.29) is 24.0 Å². The lowest BCUT2D eigenvalue weighted by Gasteiger charge is -2.25. The molecule has 0 spiro atoms. The number of carbonyl (C=O) groups excluding carboxylic acids is 1. The van der Waals surface area contributed by atoms with Gasteiger partial charge in [0.25, 0.3) is 5.91 Å². The first-order chi connectivity index (χ1) is 10.8. The van der Waals surface area contributed by atoms with E-state index >= 15 is 0 Å².